The molecule has 0 aliphatic rings. The number of aromatic nitrogens is 2. The zero-order valence-corrected chi connectivity index (χ0v) is 17.6. The monoisotopic (exact) mass is 406 g/mol. The van der Waals surface area contributed by atoms with Gasteiger partial charge in [-0.3, -0.25) is 4.79 Å². The molecular weight excluding hydrogens is 376 g/mol. The second-order valence-electron chi connectivity index (χ2n) is 7.10. The number of unbranched alkanes of at least 4 members (excludes halogenated alkanes) is 5. The van der Waals surface area contributed by atoms with Crippen LogP contribution in [0.1, 0.15) is 49.9 Å². The number of hydrogen-bond acceptors (Lipinski definition) is 5. The van der Waals surface area contributed by atoms with Gasteiger partial charge in [0.15, 0.2) is 5.75 Å². The molecule has 0 saturated heterocycles. The summed E-state index contributed by atoms with van der Waals surface area (Å²) in [6.07, 6.45) is 8.77. The first-order valence-corrected chi connectivity index (χ1v) is 10.3. The Morgan fingerprint density at radius 3 is 2.50 bits per heavy atom. The molecule has 0 spiro atoms. The predicted octanol–water partition coefficient (Wildman–Crippen LogP) is 3.99. The van der Waals surface area contributed by atoms with Crippen LogP contribution in [-0.4, -0.2) is 27.7 Å². The number of nitrogens with one attached hydrogen (secondary N) is 2. The molecule has 154 valence electrons. The van der Waals surface area contributed by atoms with E-state index in [0.29, 0.717) is 17.4 Å². The summed E-state index contributed by atoms with van der Waals surface area (Å²) >= 11 is 5.86. The average molecular weight is 407 g/mol. The number of pyridine rings is 2. The standard InChI is InChI=1S/C21H31ClN4O2/c1-16-13-19(27)21(28)18(26(16)2)15-23-10-7-5-3-4-6-8-11-24-17-9-12-25-20(22)14-17/h9,12-14,23,28H,3-8,10-11,15H2,1-2H3,(H,24,25). The van der Waals surface area contributed by atoms with Gasteiger partial charge in [0.2, 0.25) is 5.43 Å². The third-order valence-corrected chi connectivity index (χ3v) is 5.12. The van der Waals surface area contributed by atoms with E-state index in [9.17, 15) is 9.90 Å². The second-order valence-corrected chi connectivity index (χ2v) is 7.48. The van der Waals surface area contributed by atoms with Gasteiger partial charge >= 0.3 is 0 Å². The van der Waals surface area contributed by atoms with Gasteiger partial charge in [-0.15, -0.1) is 0 Å². The molecule has 0 aliphatic carbocycles. The maximum atomic E-state index is 11.7. The van der Waals surface area contributed by atoms with Crippen molar-refractivity contribution in [3.63, 3.8) is 0 Å². The highest BCUT2D eigenvalue weighted by Gasteiger charge is 2.09. The van der Waals surface area contributed by atoms with Crippen molar-refractivity contribution in [3.8, 4) is 5.75 Å². The van der Waals surface area contributed by atoms with Gasteiger partial charge in [0.05, 0.1) is 5.69 Å². The van der Waals surface area contributed by atoms with Crippen LogP contribution in [0.15, 0.2) is 29.2 Å². The molecule has 0 saturated carbocycles. The van der Waals surface area contributed by atoms with Crippen molar-refractivity contribution < 1.29 is 5.11 Å². The lowest BCUT2D eigenvalue weighted by atomic mass is 10.1. The molecule has 28 heavy (non-hydrogen) atoms. The number of aryl methyl sites for hydroxylation is 1. The molecule has 0 fully saturated rings. The molecule has 6 nitrogen and oxygen atoms in total. The Hall–Kier alpha value is -2.05. The predicted molar refractivity (Wildman–Crippen MR) is 115 cm³/mol. The van der Waals surface area contributed by atoms with E-state index in [1.54, 1.807) is 6.20 Å². The van der Waals surface area contributed by atoms with Gasteiger partial charge in [0.25, 0.3) is 0 Å². The van der Waals surface area contributed by atoms with Crippen molar-refractivity contribution in [1.29, 1.82) is 0 Å². The fourth-order valence-corrected chi connectivity index (χ4v) is 3.28. The minimum absolute atomic E-state index is 0.150. The van der Waals surface area contributed by atoms with Crippen molar-refractivity contribution >= 4 is 17.3 Å². The largest absolute Gasteiger partial charge is 0.503 e. The molecule has 0 unspecified atom stereocenters. The second kappa shape index (κ2) is 11.7. The number of halogens is 1. The molecular formula is C21H31ClN4O2. The zero-order valence-electron chi connectivity index (χ0n) is 16.8. The first-order valence-electron chi connectivity index (χ1n) is 9.93. The Bertz CT molecular complexity index is 807. The summed E-state index contributed by atoms with van der Waals surface area (Å²) in [5, 5.41) is 17.1. The molecule has 0 bridgehead atoms. The highest BCUT2D eigenvalue weighted by molar-refractivity contribution is 6.29. The number of hydrogen-bond donors (Lipinski definition) is 3. The molecule has 2 heterocycles. The normalized spacial score (nSPS) is 11.0. The summed E-state index contributed by atoms with van der Waals surface area (Å²) in [6.45, 7) is 4.20. The molecule has 2 aromatic rings. The van der Waals surface area contributed by atoms with Crippen molar-refractivity contribution in [2.45, 2.75) is 52.0 Å². The fraction of sp³-hybridized carbons (Fsp3) is 0.524. The Kier molecular flexibility index (Phi) is 9.31. The first kappa shape index (κ1) is 22.2. The van der Waals surface area contributed by atoms with E-state index in [2.05, 4.69) is 15.6 Å². The summed E-state index contributed by atoms with van der Waals surface area (Å²) in [7, 11) is 1.86. The molecule has 0 atom stereocenters. The van der Waals surface area contributed by atoms with E-state index in [4.69, 9.17) is 11.6 Å². The minimum Gasteiger partial charge on any atom is -0.503 e. The zero-order chi connectivity index (χ0) is 20.4. The number of rotatable bonds is 12. The molecule has 0 aromatic carbocycles. The van der Waals surface area contributed by atoms with E-state index in [1.165, 1.54) is 31.7 Å². The third kappa shape index (κ3) is 7.17. The van der Waals surface area contributed by atoms with Crippen LogP contribution in [0.5, 0.6) is 5.75 Å². The molecule has 2 aromatic heterocycles. The Labute approximate surface area is 172 Å². The quantitative estimate of drug-likeness (QED) is 0.367. The van der Waals surface area contributed by atoms with Gasteiger partial charge in [0.1, 0.15) is 5.15 Å². The van der Waals surface area contributed by atoms with Crippen LogP contribution in [-0.2, 0) is 13.6 Å². The summed E-state index contributed by atoms with van der Waals surface area (Å²) in [4.78, 5) is 15.7. The molecule has 3 N–H and O–H groups in total. The van der Waals surface area contributed by atoms with Gasteiger partial charge in [-0.05, 0) is 38.4 Å². The molecule has 0 radical (unpaired) electrons. The SMILES string of the molecule is Cc1cc(=O)c(O)c(CNCCCCCCCCNc2ccnc(Cl)c2)n1C. The van der Waals surface area contributed by atoms with E-state index < -0.39 is 0 Å². The average Bonchev–Trinajstić information content (AvgIpc) is 2.67. The Morgan fingerprint density at radius 2 is 1.79 bits per heavy atom. The number of anilines is 1. The molecule has 0 amide bonds. The number of aromatic hydroxyl groups is 1. The van der Waals surface area contributed by atoms with Gasteiger partial charge in [-0.2, -0.15) is 0 Å². The highest BCUT2D eigenvalue weighted by Crippen LogP contribution is 2.13. The van der Waals surface area contributed by atoms with Crippen LogP contribution < -0.4 is 16.1 Å². The first-order chi connectivity index (χ1) is 13.5. The van der Waals surface area contributed by atoms with E-state index in [1.807, 2.05) is 30.7 Å². The van der Waals surface area contributed by atoms with Crippen LogP contribution in [0.3, 0.4) is 0 Å². The van der Waals surface area contributed by atoms with Crippen LogP contribution in [0.25, 0.3) is 0 Å². The van der Waals surface area contributed by atoms with Gasteiger partial charge in [-0.1, -0.05) is 37.3 Å². The number of nitrogens with zero attached hydrogens (tertiary/aromatic N) is 2. The van der Waals surface area contributed by atoms with Crippen molar-refractivity contribution in [1.82, 2.24) is 14.9 Å². The third-order valence-electron chi connectivity index (χ3n) is 4.91. The van der Waals surface area contributed by atoms with Gasteiger partial charge in [0, 0.05) is 43.8 Å². The van der Waals surface area contributed by atoms with Crippen molar-refractivity contribution in [3.05, 3.63) is 51.2 Å². The van der Waals surface area contributed by atoms with Crippen molar-refractivity contribution in [2.75, 3.05) is 18.4 Å². The van der Waals surface area contributed by atoms with Gasteiger partial charge in [-0.25, -0.2) is 4.98 Å². The van der Waals surface area contributed by atoms with Crippen LogP contribution in [0, 0.1) is 6.92 Å². The molecule has 0 aliphatic heterocycles. The maximum absolute atomic E-state index is 11.7. The summed E-state index contributed by atoms with van der Waals surface area (Å²) < 4.78 is 1.86. The van der Waals surface area contributed by atoms with Crippen LogP contribution in [0.4, 0.5) is 5.69 Å². The lowest BCUT2D eigenvalue weighted by Gasteiger charge is -2.14. The maximum Gasteiger partial charge on any atom is 0.223 e. The van der Waals surface area contributed by atoms with E-state index in [-0.39, 0.29) is 11.2 Å². The minimum atomic E-state index is -0.311. The topological polar surface area (TPSA) is 79.2 Å². The fourth-order valence-electron chi connectivity index (χ4n) is 3.11. The van der Waals surface area contributed by atoms with Gasteiger partial charge < -0.3 is 20.3 Å². The van der Waals surface area contributed by atoms with E-state index in [0.717, 1.165) is 37.3 Å². The molecule has 2 rings (SSSR count). The molecule has 7 heteroatoms. The Balaban J connectivity index is 1.50. The lowest BCUT2D eigenvalue weighted by molar-refractivity contribution is 0.444. The lowest BCUT2D eigenvalue weighted by Crippen LogP contribution is -2.21. The van der Waals surface area contributed by atoms with E-state index >= 15 is 0 Å². The van der Waals surface area contributed by atoms with Crippen molar-refractivity contribution in [2.24, 2.45) is 7.05 Å². The summed E-state index contributed by atoms with van der Waals surface area (Å²) in [6, 6.07) is 5.22. The Morgan fingerprint density at radius 1 is 1.11 bits per heavy atom. The smallest absolute Gasteiger partial charge is 0.223 e. The summed E-state index contributed by atoms with van der Waals surface area (Å²) in [5.41, 5.74) is 2.20. The van der Waals surface area contributed by atoms with Crippen LogP contribution in [0.2, 0.25) is 5.15 Å². The van der Waals surface area contributed by atoms with Crippen LogP contribution >= 0.6 is 11.6 Å². The summed E-state index contributed by atoms with van der Waals surface area (Å²) in [5.74, 6) is -0.150. The highest BCUT2D eigenvalue weighted by atomic mass is 35.5.